The van der Waals surface area contributed by atoms with Crippen LogP contribution in [0.15, 0.2) is 30.3 Å². The van der Waals surface area contributed by atoms with E-state index in [0.29, 0.717) is 12.8 Å². The summed E-state index contributed by atoms with van der Waals surface area (Å²) >= 11 is 1.70. The number of rotatable bonds is 8. The van der Waals surface area contributed by atoms with Crippen molar-refractivity contribution in [2.24, 2.45) is 0 Å². The lowest BCUT2D eigenvalue weighted by atomic mass is 10.1. The van der Waals surface area contributed by atoms with E-state index in [-0.39, 0.29) is 11.8 Å². The standard InChI is InChI=1S/C20H31N3O2S/c1-3-19(24)21-18(10-15-26-2)20(25)23-12-7-11-22(13-14-23)16-17-8-5-4-6-9-17/h4-6,8-9,18H,3,7,10-16H2,1-2H3,(H,21,24). The summed E-state index contributed by atoms with van der Waals surface area (Å²) < 4.78 is 0. The van der Waals surface area contributed by atoms with E-state index in [1.807, 2.05) is 24.1 Å². The Morgan fingerprint density at radius 1 is 1.15 bits per heavy atom. The van der Waals surface area contributed by atoms with Crippen LogP contribution in [0.5, 0.6) is 0 Å². The molecule has 0 aromatic heterocycles. The molecule has 0 aliphatic carbocycles. The summed E-state index contributed by atoms with van der Waals surface area (Å²) in [7, 11) is 0. The SMILES string of the molecule is CCC(=O)NC(CCSC)C(=O)N1CCCN(Cc2ccccc2)CC1. The van der Waals surface area contributed by atoms with Crippen LogP contribution < -0.4 is 5.32 Å². The Hall–Kier alpha value is -1.53. The third kappa shape index (κ3) is 6.65. The number of hydrogen-bond acceptors (Lipinski definition) is 4. The summed E-state index contributed by atoms with van der Waals surface area (Å²) in [4.78, 5) is 29.1. The van der Waals surface area contributed by atoms with Crippen molar-refractivity contribution < 1.29 is 9.59 Å². The number of benzene rings is 1. The van der Waals surface area contributed by atoms with Gasteiger partial charge in [0, 0.05) is 39.1 Å². The molecule has 0 bridgehead atoms. The number of hydrogen-bond donors (Lipinski definition) is 1. The van der Waals surface area contributed by atoms with Gasteiger partial charge < -0.3 is 10.2 Å². The fourth-order valence-corrected chi connectivity index (χ4v) is 3.67. The second-order valence-corrected chi connectivity index (χ2v) is 7.68. The molecule has 1 saturated heterocycles. The largest absolute Gasteiger partial charge is 0.344 e. The molecule has 1 aromatic carbocycles. The van der Waals surface area contributed by atoms with Crippen LogP contribution in [0.1, 0.15) is 31.7 Å². The molecule has 1 aromatic rings. The van der Waals surface area contributed by atoms with Gasteiger partial charge in [-0.1, -0.05) is 37.3 Å². The van der Waals surface area contributed by atoms with Crippen molar-refractivity contribution in [3.8, 4) is 0 Å². The Morgan fingerprint density at radius 2 is 1.92 bits per heavy atom. The molecule has 0 spiro atoms. The predicted molar refractivity (Wildman–Crippen MR) is 108 cm³/mol. The van der Waals surface area contributed by atoms with E-state index in [0.717, 1.165) is 44.9 Å². The van der Waals surface area contributed by atoms with Gasteiger partial charge in [0.15, 0.2) is 0 Å². The highest BCUT2D eigenvalue weighted by Crippen LogP contribution is 2.12. The van der Waals surface area contributed by atoms with Crippen molar-refractivity contribution in [1.29, 1.82) is 0 Å². The topological polar surface area (TPSA) is 52.7 Å². The van der Waals surface area contributed by atoms with E-state index >= 15 is 0 Å². The maximum atomic E-state index is 13.0. The molecule has 26 heavy (non-hydrogen) atoms. The van der Waals surface area contributed by atoms with E-state index < -0.39 is 6.04 Å². The molecule has 2 rings (SSSR count). The third-order valence-electron chi connectivity index (χ3n) is 4.71. The highest BCUT2D eigenvalue weighted by molar-refractivity contribution is 7.98. The Balaban J connectivity index is 1.92. The molecule has 1 N–H and O–H groups in total. The summed E-state index contributed by atoms with van der Waals surface area (Å²) in [6.07, 6.45) is 4.09. The van der Waals surface area contributed by atoms with Crippen LogP contribution in [0.25, 0.3) is 0 Å². The van der Waals surface area contributed by atoms with Crippen molar-refractivity contribution in [3.05, 3.63) is 35.9 Å². The van der Waals surface area contributed by atoms with E-state index in [9.17, 15) is 9.59 Å². The summed E-state index contributed by atoms with van der Waals surface area (Å²) in [5.41, 5.74) is 1.31. The first-order valence-corrected chi connectivity index (χ1v) is 10.9. The highest BCUT2D eigenvalue weighted by atomic mass is 32.2. The molecule has 1 heterocycles. The van der Waals surface area contributed by atoms with E-state index in [4.69, 9.17) is 0 Å². The van der Waals surface area contributed by atoms with Crippen molar-refractivity contribution in [3.63, 3.8) is 0 Å². The van der Waals surface area contributed by atoms with Crippen LogP contribution in [-0.4, -0.2) is 65.8 Å². The molecular weight excluding hydrogens is 346 g/mol. The van der Waals surface area contributed by atoms with Gasteiger partial charge in [-0.25, -0.2) is 0 Å². The molecule has 2 amide bonds. The van der Waals surface area contributed by atoms with Gasteiger partial charge in [0.2, 0.25) is 11.8 Å². The monoisotopic (exact) mass is 377 g/mol. The lowest BCUT2D eigenvalue weighted by Gasteiger charge is -2.27. The Morgan fingerprint density at radius 3 is 2.62 bits per heavy atom. The van der Waals surface area contributed by atoms with E-state index in [1.54, 1.807) is 11.8 Å². The normalized spacial score (nSPS) is 16.8. The minimum absolute atomic E-state index is 0.0509. The lowest BCUT2D eigenvalue weighted by molar-refractivity contribution is -0.136. The maximum Gasteiger partial charge on any atom is 0.245 e. The van der Waals surface area contributed by atoms with Gasteiger partial charge in [-0.3, -0.25) is 14.5 Å². The van der Waals surface area contributed by atoms with Crippen LogP contribution >= 0.6 is 11.8 Å². The maximum absolute atomic E-state index is 13.0. The molecule has 144 valence electrons. The van der Waals surface area contributed by atoms with E-state index in [2.05, 4.69) is 34.5 Å². The zero-order valence-electron chi connectivity index (χ0n) is 15.9. The molecule has 1 unspecified atom stereocenters. The summed E-state index contributed by atoms with van der Waals surface area (Å²) in [5, 5.41) is 2.91. The van der Waals surface area contributed by atoms with Crippen molar-refractivity contribution in [2.75, 3.05) is 38.2 Å². The molecule has 1 aliphatic heterocycles. The number of thioether (sulfide) groups is 1. The minimum Gasteiger partial charge on any atom is -0.344 e. The second-order valence-electron chi connectivity index (χ2n) is 6.70. The van der Waals surface area contributed by atoms with Crippen LogP contribution in [0, 0.1) is 0 Å². The highest BCUT2D eigenvalue weighted by Gasteiger charge is 2.27. The molecule has 1 aliphatic rings. The predicted octanol–water partition coefficient (Wildman–Crippen LogP) is 2.37. The number of amides is 2. The second kappa shape index (κ2) is 11.2. The fourth-order valence-electron chi connectivity index (χ4n) is 3.20. The average molecular weight is 378 g/mol. The van der Waals surface area contributed by atoms with Crippen LogP contribution in [0.2, 0.25) is 0 Å². The van der Waals surface area contributed by atoms with Crippen LogP contribution in [0.3, 0.4) is 0 Å². The molecule has 0 radical (unpaired) electrons. The van der Waals surface area contributed by atoms with Gasteiger partial charge >= 0.3 is 0 Å². The van der Waals surface area contributed by atoms with Crippen LogP contribution in [-0.2, 0) is 16.1 Å². The average Bonchev–Trinajstić information content (AvgIpc) is 2.90. The summed E-state index contributed by atoms with van der Waals surface area (Å²) in [6.45, 7) is 6.10. The Kier molecular flexibility index (Phi) is 8.98. The quantitative estimate of drug-likeness (QED) is 0.756. The number of nitrogens with one attached hydrogen (secondary N) is 1. The summed E-state index contributed by atoms with van der Waals surface area (Å²) in [5.74, 6) is 0.890. The Bertz CT molecular complexity index is 567. The molecular formula is C20H31N3O2S. The molecule has 1 atom stereocenters. The van der Waals surface area contributed by atoms with Crippen molar-refractivity contribution in [1.82, 2.24) is 15.1 Å². The number of carbonyl (C=O) groups is 2. The lowest BCUT2D eigenvalue weighted by Crippen LogP contribution is -2.49. The fraction of sp³-hybridized carbons (Fsp3) is 0.600. The van der Waals surface area contributed by atoms with Crippen molar-refractivity contribution in [2.45, 2.75) is 38.8 Å². The van der Waals surface area contributed by atoms with Crippen molar-refractivity contribution >= 4 is 23.6 Å². The van der Waals surface area contributed by atoms with Gasteiger partial charge in [-0.05, 0) is 30.4 Å². The first-order valence-electron chi connectivity index (χ1n) is 9.47. The van der Waals surface area contributed by atoms with E-state index in [1.165, 1.54) is 5.56 Å². The first kappa shape index (κ1) is 20.8. The first-order chi connectivity index (χ1) is 12.6. The molecule has 1 fully saturated rings. The molecule has 0 saturated carbocycles. The minimum atomic E-state index is -0.393. The van der Waals surface area contributed by atoms with Gasteiger partial charge in [-0.2, -0.15) is 11.8 Å². The van der Waals surface area contributed by atoms with Gasteiger partial charge in [0.05, 0.1) is 0 Å². The Labute approximate surface area is 161 Å². The van der Waals surface area contributed by atoms with Gasteiger partial charge in [0.1, 0.15) is 6.04 Å². The van der Waals surface area contributed by atoms with Gasteiger partial charge in [-0.15, -0.1) is 0 Å². The zero-order chi connectivity index (χ0) is 18.8. The zero-order valence-corrected chi connectivity index (χ0v) is 16.8. The molecule has 5 nitrogen and oxygen atoms in total. The third-order valence-corrected chi connectivity index (χ3v) is 5.36. The van der Waals surface area contributed by atoms with Gasteiger partial charge in [0.25, 0.3) is 0 Å². The molecule has 6 heteroatoms. The van der Waals surface area contributed by atoms with Crippen LogP contribution in [0.4, 0.5) is 0 Å². The number of carbonyl (C=O) groups excluding carboxylic acids is 2. The summed E-state index contributed by atoms with van der Waals surface area (Å²) in [6, 6.07) is 10.1. The smallest absolute Gasteiger partial charge is 0.245 e. The number of nitrogens with zero attached hydrogens (tertiary/aromatic N) is 2.